The highest BCUT2D eigenvalue weighted by molar-refractivity contribution is 6.54. The summed E-state index contributed by atoms with van der Waals surface area (Å²) in [5, 5.41) is 9.47. The molecule has 2 heterocycles. The van der Waals surface area contributed by atoms with Crippen LogP contribution < -0.4 is 5.69 Å². The molecule has 0 aliphatic carbocycles. The Hall–Kier alpha value is -2.63. The van der Waals surface area contributed by atoms with E-state index in [0.29, 0.717) is 11.3 Å². The lowest BCUT2D eigenvalue weighted by Gasteiger charge is -1.95. The van der Waals surface area contributed by atoms with E-state index < -0.39 is 5.69 Å². The minimum atomic E-state index is -0.580. The van der Waals surface area contributed by atoms with Crippen LogP contribution in [0.3, 0.4) is 0 Å². The molecule has 1 aromatic carbocycles. The summed E-state index contributed by atoms with van der Waals surface area (Å²) in [5.41, 5.74) is 0.486. The van der Waals surface area contributed by atoms with Gasteiger partial charge in [0.05, 0.1) is 5.69 Å². The highest BCUT2D eigenvalue weighted by Gasteiger charge is 2.28. The summed E-state index contributed by atoms with van der Waals surface area (Å²) in [6.45, 7) is 0. The molecule has 1 aliphatic rings. The predicted molar refractivity (Wildman–Crippen MR) is 60.0 cm³/mol. The van der Waals surface area contributed by atoms with Gasteiger partial charge in [-0.15, -0.1) is 0 Å². The number of para-hydroxylation sites is 1. The van der Waals surface area contributed by atoms with Crippen LogP contribution in [-0.4, -0.2) is 26.6 Å². The van der Waals surface area contributed by atoms with Gasteiger partial charge in [0.1, 0.15) is 11.4 Å². The number of imidazole rings is 1. The molecule has 84 valence electrons. The molecular weight excluding hydrogens is 222 g/mol. The zero-order valence-electron chi connectivity index (χ0n) is 8.52. The number of aromatic nitrogens is 2. The molecule has 0 atom stereocenters. The Kier molecular flexibility index (Phi) is 1.79. The molecule has 0 saturated heterocycles. The molecule has 6 heteroatoms. The maximum atomic E-state index is 12.0. The van der Waals surface area contributed by atoms with Gasteiger partial charge in [-0.3, -0.25) is 9.78 Å². The number of hydrogen-bond donors (Lipinski definition) is 3. The summed E-state index contributed by atoms with van der Waals surface area (Å²) in [6, 6.07) is 6.84. The topological polar surface area (TPSA) is 98.3 Å². The third-order valence-corrected chi connectivity index (χ3v) is 2.54. The molecule has 0 unspecified atom stereocenters. The molecule has 3 rings (SSSR count). The Morgan fingerprint density at radius 3 is 2.53 bits per heavy atom. The number of ketones is 1. The minimum Gasteiger partial charge on any atom is -0.493 e. The second-order valence-corrected chi connectivity index (χ2v) is 3.61. The molecule has 0 fully saturated rings. The molecule has 0 radical (unpaired) electrons. The van der Waals surface area contributed by atoms with Crippen LogP contribution in [0.4, 0.5) is 5.69 Å². The Labute approximate surface area is 94.7 Å². The zero-order valence-corrected chi connectivity index (χ0v) is 8.52. The second kappa shape index (κ2) is 3.18. The first-order valence-electron chi connectivity index (χ1n) is 4.91. The van der Waals surface area contributed by atoms with Crippen molar-refractivity contribution in [3.8, 4) is 5.88 Å². The molecule has 3 N–H and O–H groups in total. The smallest absolute Gasteiger partial charge is 0.326 e. The van der Waals surface area contributed by atoms with Crippen molar-refractivity contribution in [2.75, 3.05) is 0 Å². The first-order valence-corrected chi connectivity index (χ1v) is 4.91. The Bertz CT molecular complexity index is 709. The summed E-state index contributed by atoms with van der Waals surface area (Å²) in [4.78, 5) is 31.6. The third-order valence-electron chi connectivity index (χ3n) is 2.54. The first kappa shape index (κ1) is 9.59. The fourth-order valence-corrected chi connectivity index (χ4v) is 1.78. The largest absolute Gasteiger partial charge is 0.493 e. The van der Waals surface area contributed by atoms with Crippen molar-refractivity contribution in [2.45, 2.75) is 0 Å². The van der Waals surface area contributed by atoms with Gasteiger partial charge in [0.15, 0.2) is 0 Å². The van der Waals surface area contributed by atoms with E-state index in [1.165, 1.54) is 0 Å². The van der Waals surface area contributed by atoms with Crippen LogP contribution in [0.2, 0.25) is 0 Å². The quantitative estimate of drug-likeness (QED) is 0.672. The van der Waals surface area contributed by atoms with Gasteiger partial charge in [-0.2, -0.15) is 0 Å². The highest BCUT2D eigenvalue weighted by atomic mass is 16.3. The number of carbonyl (C=O) groups is 1. The van der Waals surface area contributed by atoms with E-state index in [1.54, 1.807) is 24.3 Å². The van der Waals surface area contributed by atoms with E-state index in [2.05, 4.69) is 15.0 Å². The lowest BCUT2D eigenvalue weighted by Crippen LogP contribution is -2.13. The molecule has 2 aromatic rings. The van der Waals surface area contributed by atoms with E-state index in [-0.39, 0.29) is 23.1 Å². The highest BCUT2D eigenvalue weighted by Crippen LogP contribution is 2.29. The van der Waals surface area contributed by atoms with Gasteiger partial charge in [0, 0.05) is 5.56 Å². The lowest BCUT2D eigenvalue weighted by atomic mass is 10.1. The molecule has 0 spiro atoms. The number of nitrogens with zero attached hydrogens (tertiary/aromatic N) is 1. The standard InChI is InChI=1S/C11H7N3O3/c15-9-5-3-1-2-4-6(5)12-7(9)8-10(16)14-11(17)13-8/h1-4,16H,(H2,13,14,17). The molecule has 1 aliphatic heterocycles. The van der Waals surface area contributed by atoms with Crippen LogP contribution in [0.5, 0.6) is 5.88 Å². The molecular formula is C11H7N3O3. The van der Waals surface area contributed by atoms with Gasteiger partial charge in [-0.25, -0.2) is 9.79 Å². The number of fused-ring (bicyclic) bond motifs is 1. The average Bonchev–Trinajstić information content (AvgIpc) is 2.80. The number of Topliss-reactive ketones (excluding diaryl/α,β-unsaturated/α-hetero) is 1. The fourth-order valence-electron chi connectivity index (χ4n) is 1.78. The number of H-pyrrole nitrogens is 2. The van der Waals surface area contributed by atoms with Crippen LogP contribution in [0, 0.1) is 0 Å². The Morgan fingerprint density at radius 1 is 1.12 bits per heavy atom. The minimum absolute atomic E-state index is 0.0243. The predicted octanol–water partition coefficient (Wildman–Crippen LogP) is 0.726. The Morgan fingerprint density at radius 2 is 1.88 bits per heavy atom. The Balaban J connectivity index is 2.18. The first-order chi connectivity index (χ1) is 8.16. The van der Waals surface area contributed by atoms with Gasteiger partial charge in [-0.1, -0.05) is 12.1 Å². The summed E-state index contributed by atoms with van der Waals surface area (Å²) in [5.74, 6) is -0.693. The van der Waals surface area contributed by atoms with Gasteiger partial charge in [0.25, 0.3) is 0 Å². The van der Waals surface area contributed by atoms with Crippen molar-refractivity contribution >= 4 is 17.2 Å². The third kappa shape index (κ3) is 1.31. The molecule has 0 saturated carbocycles. The van der Waals surface area contributed by atoms with Crippen LogP contribution in [0.25, 0.3) is 0 Å². The number of carbonyl (C=O) groups excluding carboxylic acids is 1. The molecule has 1 aromatic heterocycles. The van der Waals surface area contributed by atoms with E-state index in [9.17, 15) is 14.7 Å². The van der Waals surface area contributed by atoms with Crippen LogP contribution in [-0.2, 0) is 0 Å². The van der Waals surface area contributed by atoms with Crippen molar-refractivity contribution in [3.05, 3.63) is 46.0 Å². The fraction of sp³-hybridized carbons (Fsp3) is 0. The van der Waals surface area contributed by atoms with Crippen molar-refractivity contribution < 1.29 is 9.90 Å². The van der Waals surface area contributed by atoms with Gasteiger partial charge in [-0.05, 0) is 12.1 Å². The average molecular weight is 229 g/mol. The molecule has 0 amide bonds. The monoisotopic (exact) mass is 229 g/mol. The number of aromatic hydroxyl groups is 1. The maximum absolute atomic E-state index is 12.0. The van der Waals surface area contributed by atoms with E-state index >= 15 is 0 Å². The molecule has 0 bridgehead atoms. The summed E-state index contributed by atoms with van der Waals surface area (Å²) in [7, 11) is 0. The number of aliphatic imine (C=N–C) groups is 1. The van der Waals surface area contributed by atoms with Crippen molar-refractivity contribution in [2.24, 2.45) is 4.99 Å². The van der Waals surface area contributed by atoms with Crippen molar-refractivity contribution in [1.29, 1.82) is 0 Å². The number of benzene rings is 1. The van der Waals surface area contributed by atoms with Gasteiger partial charge < -0.3 is 10.1 Å². The zero-order chi connectivity index (χ0) is 12.0. The summed E-state index contributed by atoms with van der Waals surface area (Å²) in [6.07, 6.45) is 0. The summed E-state index contributed by atoms with van der Waals surface area (Å²) < 4.78 is 0. The lowest BCUT2D eigenvalue weighted by molar-refractivity contribution is 0.106. The van der Waals surface area contributed by atoms with Crippen LogP contribution >= 0.6 is 0 Å². The van der Waals surface area contributed by atoms with Crippen molar-refractivity contribution in [1.82, 2.24) is 9.97 Å². The number of hydrogen-bond acceptors (Lipinski definition) is 4. The molecule has 17 heavy (non-hydrogen) atoms. The SMILES string of the molecule is O=C1C(c2[nH]c(=O)[nH]c2O)=Nc2ccccc21. The number of rotatable bonds is 1. The van der Waals surface area contributed by atoms with E-state index in [0.717, 1.165) is 0 Å². The van der Waals surface area contributed by atoms with Crippen LogP contribution in [0.1, 0.15) is 16.1 Å². The number of aromatic amines is 2. The van der Waals surface area contributed by atoms with E-state index in [1.807, 2.05) is 0 Å². The maximum Gasteiger partial charge on any atom is 0.326 e. The molecule has 6 nitrogen and oxygen atoms in total. The second-order valence-electron chi connectivity index (χ2n) is 3.61. The normalized spacial score (nSPS) is 13.6. The van der Waals surface area contributed by atoms with Gasteiger partial charge >= 0.3 is 5.69 Å². The number of nitrogens with one attached hydrogen (secondary N) is 2. The van der Waals surface area contributed by atoms with Crippen LogP contribution in [0.15, 0.2) is 34.1 Å². The summed E-state index contributed by atoms with van der Waals surface area (Å²) >= 11 is 0. The van der Waals surface area contributed by atoms with E-state index in [4.69, 9.17) is 0 Å². The van der Waals surface area contributed by atoms with Crippen molar-refractivity contribution in [3.63, 3.8) is 0 Å². The van der Waals surface area contributed by atoms with Gasteiger partial charge in [0.2, 0.25) is 11.7 Å².